The Balaban J connectivity index is 2.54. The van der Waals surface area contributed by atoms with Gasteiger partial charge in [-0.25, -0.2) is 0 Å². The van der Waals surface area contributed by atoms with E-state index in [1.807, 2.05) is 55.2 Å². The van der Waals surface area contributed by atoms with Crippen LogP contribution in [0.15, 0.2) is 53.6 Å². The highest BCUT2D eigenvalue weighted by molar-refractivity contribution is 7.78. The topological polar surface area (TPSA) is 17.1 Å². The van der Waals surface area contributed by atoms with Gasteiger partial charge in [0, 0.05) is 5.30 Å². The molecule has 1 aliphatic rings. The lowest BCUT2D eigenvalue weighted by atomic mass is 10.4. The van der Waals surface area contributed by atoms with E-state index in [0.29, 0.717) is 0 Å². The Kier molecular flexibility index (Phi) is 1.97. The molecule has 0 amide bonds. The molecule has 1 aromatic carbocycles. The highest BCUT2D eigenvalue weighted by Gasteiger charge is 2.25. The Morgan fingerprint density at radius 2 is 1.85 bits per heavy atom. The lowest BCUT2D eigenvalue weighted by molar-refractivity contribution is 0.590. The molecule has 0 bridgehead atoms. The molecule has 13 heavy (non-hydrogen) atoms. The zero-order valence-corrected chi connectivity index (χ0v) is 8.37. The Morgan fingerprint density at radius 1 is 1.15 bits per heavy atom. The zero-order valence-electron chi connectivity index (χ0n) is 7.47. The molecule has 2 heteroatoms. The molecule has 1 nitrogen and oxygen atoms in total. The van der Waals surface area contributed by atoms with Gasteiger partial charge in [0.2, 0.25) is 0 Å². The van der Waals surface area contributed by atoms with E-state index in [4.69, 9.17) is 0 Å². The van der Waals surface area contributed by atoms with Gasteiger partial charge in [0.1, 0.15) is 0 Å². The summed E-state index contributed by atoms with van der Waals surface area (Å²) in [6, 6.07) is 9.64. The molecule has 1 aliphatic heterocycles. The van der Waals surface area contributed by atoms with Crippen LogP contribution >= 0.6 is 7.14 Å². The van der Waals surface area contributed by atoms with Crippen LogP contribution in [-0.2, 0) is 4.57 Å². The molecule has 0 fully saturated rings. The van der Waals surface area contributed by atoms with Crippen molar-refractivity contribution in [2.75, 3.05) is 0 Å². The van der Waals surface area contributed by atoms with Crippen molar-refractivity contribution in [3.05, 3.63) is 53.6 Å². The summed E-state index contributed by atoms with van der Waals surface area (Å²) in [5.74, 6) is 1.82. The fraction of sp³-hybridized carbons (Fsp3) is 0.0909. The Bertz CT molecular complexity index is 415. The van der Waals surface area contributed by atoms with E-state index in [1.165, 1.54) is 0 Å². The molecule has 0 aromatic heterocycles. The summed E-state index contributed by atoms with van der Waals surface area (Å²) >= 11 is 0. The van der Waals surface area contributed by atoms with Crippen molar-refractivity contribution in [2.24, 2.45) is 0 Å². The summed E-state index contributed by atoms with van der Waals surface area (Å²) in [5, 5.41) is 1.90. The number of allylic oxidation sites excluding steroid dienone is 3. The lowest BCUT2D eigenvalue weighted by Crippen LogP contribution is -2.00. The highest BCUT2D eigenvalue weighted by Crippen LogP contribution is 2.56. The van der Waals surface area contributed by atoms with Crippen molar-refractivity contribution in [3.8, 4) is 0 Å². The third-order valence-corrected chi connectivity index (χ3v) is 5.15. The Hall–Kier alpha value is -1.07. The maximum absolute atomic E-state index is 12.4. The first-order valence-electron chi connectivity index (χ1n) is 4.25. The van der Waals surface area contributed by atoms with Crippen molar-refractivity contribution in [3.63, 3.8) is 0 Å². The summed E-state index contributed by atoms with van der Waals surface area (Å²) in [4.78, 5) is 0. The van der Waals surface area contributed by atoms with Crippen molar-refractivity contribution >= 4 is 12.4 Å². The van der Waals surface area contributed by atoms with E-state index in [1.54, 1.807) is 0 Å². The average molecular weight is 190 g/mol. The maximum atomic E-state index is 12.4. The summed E-state index contributed by atoms with van der Waals surface area (Å²) < 4.78 is 12.4. The van der Waals surface area contributed by atoms with Gasteiger partial charge in [-0.2, -0.15) is 0 Å². The molecule has 1 aromatic rings. The molecule has 2 rings (SSSR count). The van der Waals surface area contributed by atoms with E-state index >= 15 is 0 Å². The fourth-order valence-corrected chi connectivity index (χ4v) is 3.54. The second-order valence-electron chi connectivity index (χ2n) is 3.14. The molecule has 1 heterocycles. The van der Waals surface area contributed by atoms with Crippen LogP contribution in [-0.4, -0.2) is 0 Å². The van der Waals surface area contributed by atoms with Gasteiger partial charge in [-0.3, -0.25) is 0 Å². The molecule has 1 atom stereocenters. The molecular formula is C11H11OP. The Morgan fingerprint density at radius 3 is 2.38 bits per heavy atom. The van der Waals surface area contributed by atoms with Crippen molar-refractivity contribution in [1.82, 2.24) is 0 Å². The minimum atomic E-state index is -2.33. The van der Waals surface area contributed by atoms with E-state index < -0.39 is 7.14 Å². The normalized spacial score (nSPS) is 26.1. The molecule has 66 valence electrons. The fourth-order valence-electron chi connectivity index (χ4n) is 1.47. The summed E-state index contributed by atoms with van der Waals surface area (Å²) in [6.07, 6.45) is 3.80. The van der Waals surface area contributed by atoms with Crippen LogP contribution in [0.5, 0.6) is 0 Å². The van der Waals surface area contributed by atoms with Gasteiger partial charge in [-0.1, -0.05) is 42.5 Å². The van der Waals surface area contributed by atoms with Crippen molar-refractivity contribution < 1.29 is 4.57 Å². The van der Waals surface area contributed by atoms with Gasteiger partial charge in [-0.05, 0) is 18.1 Å². The van der Waals surface area contributed by atoms with Gasteiger partial charge in [0.05, 0.1) is 0 Å². The zero-order chi connectivity index (χ0) is 9.31. The smallest absolute Gasteiger partial charge is 0.160 e. The minimum absolute atomic E-state index is 0.928. The van der Waals surface area contributed by atoms with Gasteiger partial charge >= 0.3 is 0 Å². The van der Waals surface area contributed by atoms with Crippen LogP contribution < -0.4 is 5.30 Å². The molecule has 1 unspecified atom stereocenters. The van der Waals surface area contributed by atoms with E-state index in [-0.39, 0.29) is 0 Å². The third kappa shape index (κ3) is 1.30. The number of hydrogen-bond donors (Lipinski definition) is 0. The quantitative estimate of drug-likeness (QED) is 0.622. The van der Waals surface area contributed by atoms with Crippen molar-refractivity contribution in [1.29, 1.82) is 0 Å². The second-order valence-corrected chi connectivity index (χ2v) is 5.98. The van der Waals surface area contributed by atoms with Crippen LogP contribution in [0.4, 0.5) is 0 Å². The molecule has 0 saturated heterocycles. The van der Waals surface area contributed by atoms with Crippen molar-refractivity contribution in [2.45, 2.75) is 6.92 Å². The van der Waals surface area contributed by atoms with Gasteiger partial charge in [-0.15, -0.1) is 0 Å². The van der Waals surface area contributed by atoms with E-state index in [2.05, 4.69) is 0 Å². The first-order chi connectivity index (χ1) is 6.23. The first kappa shape index (κ1) is 8.52. The molecule has 0 N–H and O–H groups in total. The van der Waals surface area contributed by atoms with E-state index in [0.717, 1.165) is 10.6 Å². The summed E-state index contributed by atoms with van der Waals surface area (Å²) in [5.41, 5.74) is 0. The largest absolute Gasteiger partial charge is 0.310 e. The molecular weight excluding hydrogens is 179 g/mol. The standard InChI is InChI=1S/C11H11OP/c1-10-6-5-9-13(10,12)11-7-3-2-4-8-11/h2-9H,1H3. The molecule has 0 saturated carbocycles. The summed E-state index contributed by atoms with van der Waals surface area (Å²) in [7, 11) is -2.33. The highest BCUT2D eigenvalue weighted by atomic mass is 31.2. The monoisotopic (exact) mass is 190 g/mol. The number of rotatable bonds is 1. The number of hydrogen-bond acceptors (Lipinski definition) is 1. The van der Waals surface area contributed by atoms with Gasteiger partial charge in [0.25, 0.3) is 0 Å². The Labute approximate surface area is 78.2 Å². The van der Waals surface area contributed by atoms with Crippen LogP contribution in [0, 0.1) is 0 Å². The predicted octanol–water partition coefficient (Wildman–Crippen LogP) is 3.11. The number of benzene rings is 1. The van der Waals surface area contributed by atoms with Crippen LogP contribution in [0.1, 0.15) is 6.92 Å². The predicted molar refractivity (Wildman–Crippen MR) is 56.6 cm³/mol. The van der Waals surface area contributed by atoms with Gasteiger partial charge < -0.3 is 4.57 Å². The first-order valence-corrected chi connectivity index (χ1v) is 6.03. The van der Waals surface area contributed by atoms with Crippen LogP contribution in [0.2, 0.25) is 0 Å². The van der Waals surface area contributed by atoms with Crippen LogP contribution in [0.3, 0.4) is 0 Å². The summed E-state index contributed by atoms with van der Waals surface area (Å²) in [6.45, 7) is 1.92. The minimum Gasteiger partial charge on any atom is -0.310 e. The second kappa shape index (κ2) is 3.01. The lowest BCUT2D eigenvalue weighted by Gasteiger charge is -2.11. The van der Waals surface area contributed by atoms with E-state index in [9.17, 15) is 4.57 Å². The average Bonchev–Trinajstić information content (AvgIpc) is 2.50. The SMILES string of the molecule is CC1=CC=CP1(=O)c1ccccc1. The third-order valence-electron chi connectivity index (χ3n) is 2.30. The molecule has 0 aliphatic carbocycles. The van der Waals surface area contributed by atoms with Crippen LogP contribution in [0.25, 0.3) is 0 Å². The molecule has 0 spiro atoms. The maximum Gasteiger partial charge on any atom is 0.160 e. The molecule has 0 radical (unpaired) electrons. The van der Waals surface area contributed by atoms with Gasteiger partial charge in [0.15, 0.2) is 7.14 Å².